The van der Waals surface area contributed by atoms with E-state index in [4.69, 9.17) is 16.3 Å². The summed E-state index contributed by atoms with van der Waals surface area (Å²) in [4.78, 5) is 26.9. The maximum Gasteiger partial charge on any atom is 0.250 e. The van der Waals surface area contributed by atoms with Crippen molar-refractivity contribution in [1.29, 1.82) is 0 Å². The Labute approximate surface area is 187 Å². The molecule has 164 valence electrons. The molecule has 2 aromatic carbocycles. The van der Waals surface area contributed by atoms with Gasteiger partial charge in [-0.1, -0.05) is 25.4 Å². The number of nitrogens with one attached hydrogen (secondary N) is 3. The van der Waals surface area contributed by atoms with Crippen LogP contribution in [0, 0.1) is 18.8 Å². The summed E-state index contributed by atoms with van der Waals surface area (Å²) in [5.41, 5.74) is 1.91. The molecule has 0 radical (unpaired) electrons. The number of hydrogen-bond donors (Lipinski definition) is 3. The highest BCUT2D eigenvalue weighted by Gasteiger charge is 2.60. The molecule has 1 saturated heterocycles. The Kier molecular flexibility index (Phi) is 5.71. The van der Waals surface area contributed by atoms with Crippen molar-refractivity contribution < 1.29 is 14.3 Å². The van der Waals surface area contributed by atoms with Crippen molar-refractivity contribution in [2.75, 3.05) is 17.7 Å². The van der Waals surface area contributed by atoms with Gasteiger partial charge in [0, 0.05) is 28.0 Å². The van der Waals surface area contributed by atoms with Crippen molar-refractivity contribution >= 4 is 34.8 Å². The second-order valence-electron chi connectivity index (χ2n) is 8.88. The molecule has 3 atom stereocenters. The van der Waals surface area contributed by atoms with E-state index in [9.17, 15) is 9.59 Å². The predicted octanol–water partition coefficient (Wildman–Crippen LogP) is 4.47. The number of benzene rings is 2. The van der Waals surface area contributed by atoms with E-state index in [1.807, 2.05) is 13.0 Å². The maximum atomic E-state index is 13.5. The fourth-order valence-electron chi connectivity index (χ4n) is 4.92. The van der Waals surface area contributed by atoms with Gasteiger partial charge >= 0.3 is 0 Å². The minimum absolute atomic E-state index is 0.0441. The van der Waals surface area contributed by atoms with Gasteiger partial charge < -0.3 is 15.4 Å². The van der Waals surface area contributed by atoms with Gasteiger partial charge in [-0.05, 0) is 67.6 Å². The lowest BCUT2D eigenvalue weighted by atomic mass is 9.79. The van der Waals surface area contributed by atoms with E-state index < -0.39 is 11.5 Å². The normalized spacial score (nSPS) is 24.4. The number of carbonyl (C=O) groups is 2. The number of methoxy groups -OCH3 is 1. The minimum atomic E-state index is -1.14. The molecule has 0 aliphatic carbocycles. The van der Waals surface area contributed by atoms with Crippen LogP contribution >= 0.6 is 11.6 Å². The zero-order valence-electron chi connectivity index (χ0n) is 18.2. The molecule has 0 bridgehead atoms. The average Bonchev–Trinajstić information content (AvgIpc) is 3.22. The average molecular weight is 442 g/mol. The third kappa shape index (κ3) is 3.79. The van der Waals surface area contributed by atoms with Gasteiger partial charge in [0.1, 0.15) is 11.3 Å². The lowest BCUT2D eigenvalue weighted by molar-refractivity contribution is -0.130. The third-order valence-corrected chi connectivity index (χ3v) is 6.44. The third-order valence-electron chi connectivity index (χ3n) is 6.23. The van der Waals surface area contributed by atoms with Crippen LogP contribution in [-0.2, 0) is 15.1 Å². The molecule has 0 saturated carbocycles. The summed E-state index contributed by atoms with van der Waals surface area (Å²) < 4.78 is 5.19. The van der Waals surface area contributed by atoms with E-state index in [1.54, 1.807) is 37.4 Å². The Hall–Kier alpha value is -2.57. The highest BCUT2D eigenvalue weighted by atomic mass is 35.5. The Morgan fingerprint density at radius 2 is 2.00 bits per heavy atom. The Morgan fingerprint density at radius 3 is 2.65 bits per heavy atom. The van der Waals surface area contributed by atoms with Crippen LogP contribution in [0.3, 0.4) is 0 Å². The Morgan fingerprint density at radius 1 is 1.29 bits per heavy atom. The number of rotatable bonds is 5. The first-order chi connectivity index (χ1) is 14.7. The molecule has 6 nitrogen and oxygen atoms in total. The Bertz CT molecular complexity index is 1020. The molecule has 3 N–H and O–H groups in total. The van der Waals surface area contributed by atoms with E-state index >= 15 is 0 Å². The van der Waals surface area contributed by atoms with Crippen molar-refractivity contribution in [1.82, 2.24) is 5.32 Å². The fourth-order valence-corrected chi connectivity index (χ4v) is 5.19. The van der Waals surface area contributed by atoms with Crippen LogP contribution in [0.15, 0.2) is 36.4 Å². The molecule has 2 aliphatic heterocycles. The molecule has 31 heavy (non-hydrogen) atoms. The van der Waals surface area contributed by atoms with Crippen LogP contribution in [0.4, 0.5) is 11.4 Å². The number of halogens is 1. The van der Waals surface area contributed by atoms with Crippen LogP contribution in [0.25, 0.3) is 0 Å². The molecule has 3 unspecified atom stereocenters. The number of hydrogen-bond acceptors (Lipinski definition) is 4. The monoisotopic (exact) mass is 441 g/mol. The van der Waals surface area contributed by atoms with E-state index in [2.05, 4.69) is 29.8 Å². The number of aryl methyl sites for hydroxylation is 1. The number of fused-ring (bicyclic) bond motifs is 2. The summed E-state index contributed by atoms with van der Waals surface area (Å²) in [5.74, 6) is 0.183. The summed E-state index contributed by atoms with van der Waals surface area (Å²) in [5, 5.41) is 10.1. The number of anilines is 2. The maximum absolute atomic E-state index is 13.5. The smallest absolute Gasteiger partial charge is 0.250 e. The van der Waals surface area contributed by atoms with Crippen molar-refractivity contribution in [3.8, 4) is 5.75 Å². The van der Waals surface area contributed by atoms with Gasteiger partial charge in [0.2, 0.25) is 11.8 Å². The van der Waals surface area contributed by atoms with Gasteiger partial charge in [-0.25, -0.2) is 0 Å². The lowest BCUT2D eigenvalue weighted by Crippen LogP contribution is -2.52. The molecule has 2 aromatic rings. The molecule has 1 spiro atoms. The van der Waals surface area contributed by atoms with Crippen molar-refractivity contribution in [2.45, 2.75) is 45.2 Å². The molecule has 2 aliphatic rings. The predicted molar refractivity (Wildman–Crippen MR) is 123 cm³/mol. The second-order valence-corrected chi connectivity index (χ2v) is 9.32. The van der Waals surface area contributed by atoms with Gasteiger partial charge in [-0.3, -0.25) is 14.9 Å². The van der Waals surface area contributed by atoms with Crippen molar-refractivity contribution in [3.05, 3.63) is 52.5 Å². The summed E-state index contributed by atoms with van der Waals surface area (Å²) in [6.07, 6.45) is 1.44. The quantitative estimate of drug-likeness (QED) is 0.639. The zero-order valence-corrected chi connectivity index (χ0v) is 19.0. The zero-order chi connectivity index (χ0) is 22.3. The first-order valence-electron chi connectivity index (χ1n) is 10.6. The van der Waals surface area contributed by atoms with Gasteiger partial charge in [0.05, 0.1) is 13.0 Å². The molecule has 4 rings (SSSR count). The van der Waals surface area contributed by atoms with Crippen LogP contribution in [0.1, 0.15) is 37.8 Å². The van der Waals surface area contributed by atoms with Gasteiger partial charge in [0.25, 0.3) is 0 Å². The van der Waals surface area contributed by atoms with E-state index in [-0.39, 0.29) is 17.9 Å². The van der Waals surface area contributed by atoms with Crippen LogP contribution in [-0.4, -0.2) is 25.0 Å². The van der Waals surface area contributed by atoms with Crippen molar-refractivity contribution in [3.63, 3.8) is 0 Å². The Balaban J connectivity index is 1.72. The van der Waals surface area contributed by atoms with Crippen LogP contribution in [0.5, 0.6) is 5.75 Å². The summed E-state index contributed by atoms with van der Waals surface area (Å²) in [6, 6.07) is 10.8. The molecule has 1 fully saturated rings. The summed E-state index contributed by atoms with van der Waals surface area (Å²) in [7, 11) is 1.60. The van der Waals surface area contributed by atoms with E-state index in [0.29, 0.717) is 28.8 Å². The molecule has 2 heterocycles. The SMILES string of the molecule is COc1ccc(NC(=O)C2CC(CC(C)C)NC23C(=O)Nc2c(C)cc(Cl)cc23)cc1. The molecule has 2 amide bonds. The fraction of sp³-hybridized carbons (Fsp3) is 0.417. The number of amides is 2. The lowest BCUT2D eigenvalue weighted by Gasteiger charge is -2.29. The molecular formula is C24H28ClN3O3. The second kappa shape index (κ2) is 8.17. The first kappa shape index (κ1) is 21.7. The highest BCUT2D eigenvalue weighted by Crippen LogP contribution is 2.49. The van der Waals surface area contributed by atoms with Gasteiger partial charge in [0.15, 0.2) is 0 Å². The van der Waals surface area contributed by atoms with E-state index in [0.717, 1.165) is 23.2 Å². The minimum Gasteiger partial charge on any atom is -0.497 e. The van der Waals surface area contributed by atoms with Crippen LogP contribution in [0.2, 0.25) is 5.02 Å². The van der Waals surface area contributed by atoms with Gasteiger partial charge in [-0.15, -0.1) is 0 Å². The molecular weight excluding hydrogens is 414 g/mol. The number of ether oxygens (including phenoxy) is 1. The van der Waals surface area contributed by atoms with Crippen LogP contribution < -0.4 is 20.7 Å². The summed E-state index contributed by atoms with van der Waals surface area (Å²) in [6.45, 7) is 6.20. The largest absolute Gasteiger partial charge is 0.497 e. The standard InChI is InChI=1S/C24H28ClN3O3/c1-13(2)9-17-12-20(22(29)26-16-5-7-18(31-4)8-6-16)24(28-17)19-11-15(25)10-14(3)21(19)27-23(24)30/h5-8,10-11,13,17,20,28H,9,12H2,1-4H3,(H,26,29)(H,27,30). The van der Waals surface area contributed by atoms with Crippen molar-refractivity contribution in [2.24, 2.45) is 11.8 Å². The summed E-state index contributed by atoms with van der Waals surface area (Å²) >= 11 is 6.37. The molecule has 0 aromatic heterocycles. The number of carbonyl (C=O) groups excluding carboxylic acids is 2. The van der Waals surface area contributed by atoms with E-state index in [1.165, 1.54) is 0 Å². The topological polar surface area (TPSA) is 79.5 Å². The highest BCUT2D eigenvalue weighted by molar-refractivity contribution is 6.31. The molecule has 7 heteroatoms. The first-order valence-corrected chi connectivity index (χ1v) is 11.0. The van der Waals surface area contributed by atoms with Gasteiger partial charge in [-0.2, -0.15) is 0 Å².